The maximum Gasteiger partial charge on any atom is 0.416 e. The zero-order valence-corrected chi connectivity index (χ0v) is 18.1. The Morgan fingerprint density at radius 2 is 1.87 bits per heavy atom. The fraction of sp³-hybridized carbons (Fsp3) is 0.333. The van der Waals surface area contributed by atoms with Gasteiger partial charge in [-0.2, -0.15) is 13.2 Å². The maximum atomic E-state index is 13.4. The highest BCUT2D eigenvalue weighted by Crippen LogP contribution is 2.36. The predicted molar refractivity (Wildman–Crippen MR) is 117 cm³/mol. The first-order valence-electron chi connectivity index (χ1n) is 9.21. The SMILES string of the molecule is C/N=C(/NCCSN(C)C)c1ccc(C(F)(F)F)cc1N(C=O)c1ccccc1C. The second-order valence-electron chi connectivity index (χ2n) is 6.64. The number of aryl methyl sites for hydroxylation is 1. The lowest BCUT2D eigenvalue weighted by Gasteiger charge is -2.25. The number of amides is 1. The van der Waals surface area contributed by atoms with Crippen molar-refractivity contribution in [3.63, 3.8) is 0 Å². The Hall–Kier alpha value is -2.52. The van der Waals surface area contributed by atoms with Gasteiger partial charge in [0.2, 0.25) is 6.41 Å². The normalized spacial score (nSPS) is 12.2. The molecule has 2 aromatic carbocycles. The van der Waals surface area contributed by atoms with E-state index in [0.717, 1.165) is 23.4 Å². The van der Waals surface area contributed by atoms with Gasteiger partial charge in [-0.3, -0.25) is 19.0 Å². The van der Waals surface area contributed by atoms with Gasteiger partial charge in [0.25, 0.3) is 0 Å². The Bertz CT molecular complexity index is 900. The third kappa shape index (κ3) is 5.99. The van der Waals surface area contributed by atoms with Gasteiger partial charge in [0.15, 0.2) is 0 Å². The molecule has 1 N–H and O–H groups in total. The van der Waals surface area contributed by atoms with Gasteiger partial charge in [0.1, 0.15) is 5.84 Å². The van der Waals surface area contributed by atoms with Crippen LogP contribution in [-0.2, 0) is 11.0 Å². The van der Waals surface area contributed by atoms with Gasteiger partial charge in [0, 0.05) is 24.9 Å². The van der Waals surface area contributed by atoms with E-state index in [2.05, 4.69) is 10.3 Å². The molecule has 0 unspecified atom stereocenters. The summed E-state index contributed by atoms with van der Waals surface area (Å²) in [5, 5.41) is 3.16. The van der Waals surface area contributed by atoms with Crippen LogP contribution in [0.3, 0.4) is 0 Å². The summed E-state index contributed by atoms with van der Waals surface area (Å²) in [7, 11) is 5.41. The lowest BCUT2D eigenvalue weighted by Crippen LogP contribution is -2.30. The summed E-state index contributed by atoms with van der Waals surface area (Å²) >= 11 is 1.60. The number of anilines is 2. The van der Waals surface area contributed by atoms with E-state index in [4.69, 9.17) is 0 Å². The first kappa shape index (κ1) is 23.8. The summed E-state index contributed by atoms with van der Waals surface area (Å²) in [5.41, 5.74) is 0.962. The summed E-state index contributed by atoms with van der Waals surface area (Å²) in [6.07, 6.45) is -4.01. The van der Waals surface area contributed by atoms with Crippen LogP contribution in [0.1, 0.15) is 16.7 Å². The quantitative estimate of drug-likeness (QED) is 0.217. The average Bonchev–Trinajstić information content (AvgIpc) is 2.69. The minimum absolute atomic E-state index is 0.113. The van der Waals surface area contributed by atoms with E-state index in [1.807, 2.05) is 18.4 Å². The highest BCUT2D eigenvalue weighted by atomic mass is 32.2. The Kier molecular flexibility index (Phi) is 8.31. The molecule has 0 bridgehead atoms. The number of benzene rings is 2. The Morgan fingerprint density at radius 1 is 1.17 bits per heavy atom. The summed E-state index contributed by atoms with van der Waals surface area (Å²) in [4.78, 5) is 17.4. The molecule has 1 amide bonds. The summed E-state index contributed by atoms with van der Waals surface area (Å²) in [6, 6.07) is 10.4. The minimum Gasteiger partial charge on any atom is -0.369 e. The molecule has 0 fully saturated rings. The standard InChI is InChI=1S/C21H25F3N4OS/c1-15-7-5-6-8-18(15)28(14-29)19-13-16(21(22,23)24)9-10-17(19)20(25-2)26-11-12-30-27(3)4/h5-10,13-14H,11-12H2,1-4H3,(H,25,26). The van der Waals surface area contributed by atoms with Crippen LogP contribution in [0.25, 0.3) is 0 Å². The number of carbonyl (C=O) groups excluding carboxylic acids is 1. The number of para-hydroxylation sites is 1. The second-order valence-corrected chi connectivity index (χ2v) is 8.03. The Morgan fingerprint density at radius 3 is 2.43 bits per heavy atom. The zero-order chi connectivity index (χ0) is 22.3. The monoisotopic (exact) mass is 438 g/mol. The molecule has 0 aliphatic rings. The molecule has 0 radical (unpaired) electrons. The summed E-state index contributed by atoms with van der Waals surface area (Å²) in [6.45, 7) is 2.35. The number of nitrogens with one attached hydrogen (secondary N) is 1. The molecule has 162 valence electrons. The first-order chi connectivity index (χ1) is 14.2. The van der Waals surface area contributed by atoms with Crippen molar-refractivity contribution in [1.29, 1.82) is 0 Å². The van der Waals surface area contributed by atoms with Crippen LogP contribution in [-0.4, -0.2) is 50.0 Å². The molecule has 0 heterocycles. The van der Waals surface area contributed by atoms with Gasteiger partial charge in [-0.05, 0) is 50.8 Å². The highest BCUT2D eigenvalue weighted by Gasteiger charge is 2.32. The number of rotatable bonds is 8. The van der Waals surface area contributed by atoms with E-state index in [0.29, 0.717) is 30.0 Å². The van der Waals surface area contributed by atoms with Gasteiger partial charge in [-0.25, -0.2) is 0 Å². The van der Waals surface area contributed by atoms with Crippen molar-refractivity contribution in [2.24, 2.45) is 4.99 Å². The number of hydrogen-bond donors (Lipinski definition) is 1. The molecule has 0 atom stereocenters. The molecule has 0 aromatic heterocycles. The van der Waals surface area contributed by atoms with Crippen LogP contribution in [0.5, 0.6) is 0 Å². The number of alkyl halides is 3. The predicted octanol–water partition coefficient (Wildman–Crippen LogP) is 4.48. The van der Waals surface area contributed by atoms with Crippen molar-refractivity contribution >= 4 is 35.6 Å². The van der Waals surface area contributed by atoms with E-state index >= 15 is 0 Å². The molecule has 0 aliphatic carbocycles. The number of hydrogen-bond acceptors (Lipinski definition) is 4. The first-order valence-corrected chi connectivity index (χ1v) is 10.2. The number of nitrogens with zero attached hydrogens (tertiary/aromatic N) is 3. The van der Waals surface area contributed by atoms with Crippen molar-refractivity contribution in [2.75, 3.05) is 38.3 Å². The molecule has 30 heavy (non-hydrogen) atoms. The van der Waals surface area contributed by atoms with Crippen LogP contribution in [0.15, 0.2) is 47.5 Å². The molecular formula is C21H25F3N4OS. The van der Waals surface area contributed by atoms with Crippen molar-refractivity contribution < 1.29 is 18.0 Å². The number of amidine groups is 1. The minimum atomic E-state index is -4.53. The third-order valence-corrected chi connectivity index (χ3v) is 5.19. The van der Waals surface area contributed by atoms with Crippen molar-refractivity contribution in [3.8, 4) is 0 Å². The van der Waals surface area contributed by atoms with Crippen LogP contribution < -0.4 is 10.2 Å². The molecule has 0 aliphatic heterocycles. The van der Waals surface area contributed by atoms with Crippen molar-refractivity contribution in [3.05, 3.63) is 59.2 Å². The molecule has 2 rings (SSSR count). The molecule has 2 aromatic rings. The van der Waals surface area contributed by atoms with E-state index < -0.39 is 11.7 Å². The van der Waals surface area contributed by atoms with Gasteiger partial charge in [-0.15, -0.1) is 0 Å². The average molecular weight is 439 g/mol. The Balaban J connectivity index is 2.52. The van der Waals surface area contributed by atoms with Gasteiger partial charge in [-0.1, -0.05) is 30.1 Å². The van der Waals surface area contributed by atoms with Gasteiger partial charge >= 0.3 is 6.18 Å². The fourth-order valence-electron chi connectivity index (χ4n) is 2.88. The van der Waals surface area contributed by atoms with Crippen LogP contribution in [0.4, 0.5) is 24.5 Å². The van der Waals surface area contributed by atoms with Crippen molar-refractivity contribution in [1.82, 2.24) is 9.62 Å². The number of carbonyl (C=O) groups is 1. The number of aliphatic imine (C=N–C) groups is 1. The maximum absolute atomic E-state index is 13.4. The molecule has 0 spiro atoms. The van der Waals surface area contributed by atoms with Gasteiger partial charge in [0.05, 0.1) is 16.9 Å². The van der Waals surface area contributed by atoms with Crippen LogP contribution in [0.2, 0.25) is 0 Å². The van der Waals surface area contributed by atoms with E-state index in [1.165, 1.54) is 11.0 Å². The topological polar surface area (TPSA) is 47.9 Å². The van der Waals surface area contributed by atoms with Crippen LogP contribution in [0, 0.1) is 6.92 Å². The van der Waals surface area contributed by atoms with E-state index in [-0.39, 0.29) is 5.69 Å². The second kappa shape index (κ2) is 10.5. The highest BCUT2D eigenvalue weighted by molar-refractivity contribution is 7.97. The summed E-state index contributed by atoms with van der Waals surface area (Å²) in [5.74, 6) is 1.16. The fourth-order valence-corrected chi connectivity index (χ4v) is 3.44. The molecule has 0 saturated carbocycles. The Labute approximate surface area is 179 Å². The largest absolute Gasteiger partial charge is 0.416 e. The molecule has 5 nitrogen and oxygen atoms in total. The molecular weight excluding hydrogens is 413 g/mol. The van der Waals surface area contributed by atoms with E-state index in [9.17, 15) is 18.0 Å². The van der Waals surface area contributed by atoms with Crippen LogP contribution >= 0.6 is 11.9 Å². The van der Waals surface area contributed by atoms with E-state index in [1.54, 1.807) is 50.2 Å². The summed E-state index contributed by atoms with van der Waals surface area (Å²) < 4.78 is 42.1. The van der Waals surface area contributed by atoms with Crippen molar-refractivity contribution in [2.45, 2.75) is 13.1 Å². The smallest absolute Gasteiger partial charge is 0.369 e. The lowest BCUT2D eigenvalue weighted by molar-refractivity contribution is -0.137. The zero-order valence-electron chi connectivity index (χ0n) is 17.3. The third-order valence-electron chi connectivity index (χ3n) is 4.29. The lowest BCUT2D eigenvalue weighted by atomic mass is 10.0. The number of halogens is 3. The van der Waals surface area contributed by atoms with Gasteiger partial charge < -0.3 is 5.32 Å². The molecule has 0 saturated heterocycles. The molecule has 9 heteroatoms.